The molecule has 0 spiro atoms. The van der Waals surface area contributed by atoms with Crippen molar-refractivity contribution in [2.24, 2.45) is 0 Å². The van der Waals surface area contributed by atoms with E-state index in [1.807, 2.05) is 30.3 Å². The van der Waals surface area contributed by atoms with Gasteiger partial charge in [0.05, 0.1) is 11.9 Å². The molecule has 0 aliphatic rings. The topological polar surface area (TPSA) is 57.7 Å². The van der Waals surface area contributed by atoms with Crippen LogP contribution in [0.15, 0.2) is 54.6 Å². The second-order valence-corrected chi connectivity index (χ2v) is 8.44. The molecule has 0 unspecified atom stereocenters. The number of amides is 1. The fourth-order valence-corrected chi connectivity index (χ4v) is 4.15. The molecule has 0 bridgehead atoms. The quantitative estimate of drug-likeness (QED) is 0.721. The van der Waals surface area contributed by atoms with Crippen molar-refractivity contribution >= 4 is 33.2 Å². The number of hydrogen-bond donors (Lipinski definition) is 0. The number of benzene rings is 2. The van der Waals surface area contributed by atoms with E-state index >= 15 is 0 Å². The first-order valence-electron chi connectivity index (χ1n) is 8.28. The number of sulfonamides is 1. The Morgan fingerprint density at radius 3 is 2.15 bits per heavy atom. The van der Waals surface area contributed by atoms with E-state index in [9.17, 15) is 13.2 Å². The maximum Gasteiger partial charge on any atom is 0.246 e. The van der Waals surface area contributed by atoms with Gasteiger partial charge >= 0.3 is 0 Å². The average Bonchev–Trinajstić information content (AvgIpc) is 2.60. The Labute approximate surface area is 160 Å². The molecule has 0 aliphatic carbocycles. The fourth-order valence-electron chi connectivity index (χ4n) is 2.82. The maximum absolute atomic E-state index is 13.0. The van der Waals surface area contributed by atoms with Crippen molar-refractivity contribution in [2.45, 2.75) is 25.9 Å². The summed E-state index contributed by atoms with van der Waals surface area (Å²) in [5, 5.41) is 0.503. The van der Waals surface area contributed by atoms with Crippen molar-refractivity contribution in [3.8, 4) is 0 Å². The van der Waals surface area contributed by atoms with Crippen LogP contribution in [0.1, 0.15) is 18.9 Å². The molecule has 0 fully saturated rings. The van der Waals surface area contributed by atoms with Crippen LogP contribution in [0, 0.1) is 0 Å². The Morgan fingerprint density at radius 2 is 1.65 bits per heavy atom. The van der Waals surface area contributed by atoms with E-state index in [4.69, 9.17) is 11.6 Å². The number of halogens is 1. The molecule has 1 amide bonds. The lowest BCUT2D eigenvalue weighted by Gasteiger charge is -2.33. The van der Waals surface area contributed by atoms with Gasteiger partial charge in [0, 0.05) is 18.6 Å². The van der Waals surface area contributed by atoms with E-state index in [0.717, 1.165) is 11.8 Å². The molecule has 0 N–H and O–H groups in total. The minimum absolute atomic E-state index is 0.253. The van der Waals surface area contributed by atoms with Crippen LogP contribution in [0.3, 0.4) is 0 Å². The lowest BCUT2D eigenvalue weighted by molar-refractivity contribution is -0.131. The van der Waals surface area contributed by atoms with Gasteiger partial charge in [0.25, 0.3) is 0 Å². The Balaban J connectivity index is 2.32. The van der Waals surface area contributed by atoms with Crippen molar-refractivity contribution in [3.05, 3.63) is 65.2 Å². The molecule has 0 radical (unpaired) electrons. The van der Waals surface area contributed by atoms with E-state index in [-0.39, 0.29) is 5.91 Å². The molecule has 1 atom stereocenters. The van der Waals surface area contributed by atoms with Crippen LogP contribution in [0.2, 0.25) is 5.02 Å². The van der Waals surface area contributed by atoms with Crippen LogP contribution in [-0.4, -0.2) is 38.6 Å². The van der Waals surface area contributed by atoms with Gasteiger partial charge in [0.1, 0.15) is 6.04 Å². The lowest BCUT2D eigenvalue weighted by Crippen LogP contribution is -2.49. The monoisotopic (exact) mass is 394 g/mol. The molecule has 2 aromatic rings. The zero-order valence-electron chi connectivity index (χ0n) is 15.1. The van der Waals surface area contributed by atoms with E-state index in [1.165, 1.54) is 4.31 Å². The number of nitrogens with zero attached hydrogens (tertiary/aromatic N) is 2. The van der Waals surface area contributed by atoms with E-state index in [0.29, 0.717) is 23.7 Å². The molecule has 26 heavy (non-hydrogen) atoms. The van der Waals surface area contributed by atoms with Crippen LogP contribution in [0.5, 0.6) is 0 Å². The molecule has 140 valence electrons. The third kappa shape index (κ3) is 4.99. The molecule has 0 saturated carbocycles. The van der Waals surface area contributed by atoms with Crippen molar-refractivity contribution in [1.29, 1.82) is 0 Å². The van der Waals surface area contributed by atoms with Gasteiger partial charge in [-0.1, -0.05) is 48.9 Å². The molecule has 0 aromatic heterocycles. The zero-order chi connectivity index (χ0) is 19.3. The summed E-state index contributed by atoms with van der Waals surface area (Å²) in [7, 11) is -1.97. The first-order chi connectivity index (χ1) is 12.2. The minimum Gasteiger partial charge on any atom is -0.340 e. The predicted octanol–water partition coefficient (Wildman–Crippen LogP) is 3.54. The van der Waals surface area contributed by atoms with Gasteiger partial charge in [0.15, 0.2) is 0 Å². The Morgan fingerprint density at radius 1 is 1.08 bits per heavy atom. The highest BCUT2D eigenvalue weighted by atomic mass is 35.5. The Bertz CT molecular complexity index is 839. The summed E-state index contributed by atoms with van der Waals surface area (Å²) >= 11 is 5.90. The second kappa shape index (κ2) is 8.56. The van der Waals surface area contributed by atoms with Gasteiger partial charge in [-0.05, 0) is 36.2 Å². The lowest BCUT2D eigenvalue weighted by atomic mass is 10.1. The standard InChI is InChI=1S/C19H23ClN2O3S/c1-4-18(19(23)21(2)14-15-8-6-5-7-9-15)22(26(3,24)25)17-12-10-16(20)11-13-17/h5-13,18H,4,14H2,1-3H3/t18-/m0/s1. The van der Waals surface area contributed by atoms with Crippen LogP contribution in [0.25, 0.3) is 0 Å². The average molecular weight is 395 g/mol. The summed E-state index contributed by atoms with van der Waals surface area (Å²) in [6.45, 7) is 2.21. The number of anilines is 1. The smallest absolute Gasteiger partial charge is 0.246 e. The second-order valence-electron chi connectivity index (χ2n) is 6.14. The van der Waals surface area contributed by atoms with Crippen molar-refractivity contribution < 1.29 is 13.2 Å². The highest BCUT2D eigenvalue weighted by Gasteiger charge is 2.33. The zero-order valence-corrected chi connectivity index (χ0v) is 16.7. The number of carbonyl (C=O) groups excluding carboxylic acids is 1. The number of carbonyl (C=O) groups is 1. The van der Waals surface area contributed by atoms with Gasteiger partial charge in [-0.25, -0.2) is 8.42 Å². The SMILES string of the molecule is CC[C@@H](C(=O)N(C)Cc1ccccc1)N(c1ccc(Cl)cc1)S(C)(=O)=O. The third-order valence-electron chi connectivity index (χ3n) is 4.03. The highest BCUT2D eigenvalue weighted by molar-refractivity contribution is 7.92. The van der Waals surface area contributed by atoms with Gasteiger partial charge in [-0.3, -0.25) is 9.10 Å². The summed E-state index contributed by atoms with van der Waals surface area (Å²) in [5.41, 5.74) is 1.40. The molecule has 5 nitrogen and oxygen atoms in total. The van der Waals surface area contributed by atoms with Crippen molar-refractivity contribution in [1.82, 2.24) is 4.90 Å². The predicted molar refractivity (Wildman–Crippen MR) is 106 cm³/mol. The molecule has 0 saturated heterocycles. The normalized spacial score (nSPS) is 12.5. The van der Waals surface area contributed by atoms with E-state index in [2.05, 4.69) is 0 Å². The van der Waals surface area contributed by atoms with Crippen LogP contribution >= 0.6 is 11.6 Å². The molecule has 2 aromatic carbocycles. The first kappa shape index (κ1) is 20.3. The largest absolute Gasteiger partial charge is 0.340 e. The summed E-state index contributed by atoms with van der Waals surface area (Å²) in [6, 6.07) is 15.2. The third-order valence-corrected chi connectivity index (χ3v) is 5.46. The number of rotatable bonds is 7. The molecule has 0 heterocycles. The maximum atomic E-state index is 13.0. The summed E-state index contributed by atoms with van der Waals surface area (Å²) in [4.78, 5) is 14.6. The molecule has 2 rings (SSSR count). The molecule has 7 heteroatoms. The molecular weight excluding hydrogens is 372 g/mol. The highest BCUT2D eigenvalue weighted by Crippen LogP contribution is 2.25. The van der Waals surface area contributed by atoms with Gasteiger partial charge in [0.2, 0.25) is 15.9 Å². The number of hydrogen-bond acceptors (Lipinski definition) is 3. The summed E-state index contributed by atoms with van der Waals surface area (Å²) in [5.74, 6) is -0.253. The first-order valence-corrected chi connectivity index (χ1v) is 10.5. The van der Waals surface area contributed by atoms with Gasteiger partial charge < -0.3 is 4.90 Å². The summed E-state index contributed by atoms with van der Waals surface area (Å²) in [6.07, 6.45) is 1.46. The van der Waals surface area contributed by atoms with Crippen LogP contribution < -0.4 is 4.31 Å². The van der Waals surface area contributed by atoms with E-state index in [1.54, 1.807) is 43.1 Å². The van der Waals surface area contributed by atoms with Gasteiger partial charge in [-0.15, -0.1) is 0 Å². The molecular formula is C19H23ClN2O3S. The van der Waals surface area contributed by atoms with Gasteiger partial charge in [-0.2, -0.15) is 0 Å². The molecule has 0 aliphatic heterocycles. The van der Waals surface area contributed by atoms with E-state index < -0.39 is 16.1 Å². The van der Waals surface area contributed by atoms with Crippen molar-refractivity contribution in [2.75, 3.05) is 17.6 Å². The summed E-state index contributed by atoms with van der Waals surface area (Å²) < 4.78 is 26.0. The Kier molecular flexibility index (Phi) is 6.67. The Hall–Kier alpha value is -2.05. The van der Waals surface area contributed by atoms with Crippen LogP contribution in [-0.2, 0) is 21.4 Å². The van der Waals surface area contributed by atoms with Crippen molar-refractivity contribution in [3.63, 3.8) is 0 Å². The van der Waals surface area contributed by atoms with Crippen LogP contribution in [0.4, 0.5) is 5.69 Å². The fraction of sp³-hybridized carbons (Fsp3) is 0.316. The number of likely N-dealkylation sites (N-methyl/N-ethyl adjacent to an activating group) is 1. The minimum atomic E-state index is -3.65.